The first-order chi connectivity index (χ1) is 11.4. The lowest BCUT2D eigenvalue weighted by Crippen LogP contribution is -2.22. The molecule has 1 unspecified atom stereocenters. The third-order valence-electron chi connectivity index (χ3n) is 3.12. The third kappa shape index (κ3) is 4.08. The molecule has 0 saturated carbocycles. The van der Waals surface area contributed by atoms with E-state index in [1.54, 1.807) is 6.07 Å². The van der Waals surface area contributed by atoms with Crippen LogP contribution in [-0.2, 0) is 18.0 Å². The summed E-state index contributed by atoms with van der Waals surface area (Å²) in [6.45, 7) is 0. The number of methoxy groups -OCH3 is 1. The van der Waals surface area contributed by atoms with Crippen molar-refractivity contribution >= 4 is 55.7 Å². The van der Waals surface area contributed by atoms with Crippen LogP contribution in [0.1, 0.15) is 0 Å². The van der Waals surface area contributed by atoms with Crippen LogP contribution in [0.2, 0.25) is 0 Å². The summed E-state index contributed by atoms with van der Waals surface area (Å²) in [5.74, 6) is -0.167. The Morgan fingerprint density at radius 1 is 1.42 bits per heavy atom. The number of aromatic nitrogens is 1. The van der Waals surface area contributed by atoms with Crippen LogP contribution in [0.4, 0.5) is 21.6 Å². The highest BCUT2D eigenvalue weighted by molar-refractivity contribution is 9.10. The molecule has 0 radical (unpaired) electrons. The van der Waals surface area contributed by atoms with Crippen LogP contribution >= 0.6 is 27.5 Å². The highest BCUT2D eigenvalue weighted by Crippen LogP contribution is 2.34. The second kappa shape index (κ2) is 8.00. The van der Waals surface area contributed by atoms with Crippen molar-refractivity contribution in [2.45, 2.75) is 0 Å². The quantitative estimate of drug-likeness (QED) is 0.679. The van der Waals surface area contributed by atoms with Gasteiger partial charge in [-0.3, -0.25) is 14.1 Å². The van der Waals surface area contributed by atoms with E-state index in [9.17, 15) is 13.4 Å². The number of pyridine rings is 1. The summed E-state index contributed by atoms with van der Waals surface area (Å²) in [6, 6.07) is 5.67. The normalized spacial score (nSPS) is 11.9. The van der Waals surface area contributed by atoms with Gasteiger partial charge in [-0.1, -0.05) is 15.9 Å². The molecule has 1 heterocycles. The molecule has 0 spiro atoms. The third-order valence-corrected chi connectivity index (χ3v) is 4.84. The molecular weight excluding hydrogens is 425 g/mol. The van der Waals surface area contributed by atoms with E-state index in [0.29, 0.717) is 4.47 Å². The summed E-state index contributed by atoms with van der Waals surface area (Å²) in [5.41, 5.74) is -0.00358. The Labute approximate surface area is 153 Å². The summed E-state index contributed by atoms with van der Waals surface area (Å²) < 4.78 is 35.5. The van der Waals surface area contributed by atoms with Crippen molar-refractivity contribution in [3.05, 3.63) is 44.9 Å². The minimum Gasteiger partial charge on any atom is -0.494 e. The fourth-order valence-corrected chi connectivity index (χ4v) is 2.92. The molecule has 0 bridgehead atoms. The molecule has 0 aliphatic carbocycles. The number of benzene rings is 1. The summed E-state index contributed by atoms with van der Waals surface area (Å²) in [4.78, 5) is 12.1. The zero-order valence-corrected chi connectivity index (χ0v) is 15.9. The van der Waals surface area contributed by atoms with Gasteiger partial charge >= 0.3 is 0 Å². The zero-order valence-electron chi connectivity index (χ0n) is 12.7. The van der Waals surface area contributed by atoms with E-state index in [2.05, 4.69) is 26.0 Å². The van der Waals surface area contributed by atoms with E-state index in [4.69, 9.17) is 16.3 Å². The molecule has 2 N–H and O–H groups in total. The molecule has 2 aromatic rings. The van der Waals surface area contributed by atoms with Gasteiger partial charge in [0.1, 0.15) is 33.5 Å². The second-order valence-electron chi connectivity index (χ2n) is 4.64. The second-order valence-corrected chi connectivity index (χ2v) is 7.32. The zero-order chi connectivity index (χ0) is 17.9. The number of anilines is 3. The molecule has 0 fully saturated rings. The number of hydrogen-bond acceptors (Lipinski definition) is 4. The van der Waals surface area contributed by atoms with Crippen LogP contribution in [0.3, 0.4) is 0 Å². The fraction of sp³-hybridized carbons (Fsp3) is 0.214. The van der Waals surface area contributed by atoms with E-state index >= 15 is 0 Å². The highest BCUT2D eigenvalue weighted by Gasteiger charge is 2.18. The Hall–Kier alpha value is -1.58. The SMILES string of the molecule is COc1cc(=O)n(C)c(Nc2ccc(Br)cc2F)c1NS(=O)CCl. The van der Waals surface area contributed by atoms with Gasteiger partial charge in [-0.2, -0.15) is 0 Å². The Morgan fingerprint density at radius 2 is 2.12 bits per heavy atom. The van der Waals surface area contributed by atoms with Gasteiger partial charge in [-0.25, -0.2) is 8.60 Å². The van der Waals surface area contributed by atoms with E-state index < -0.39 is 16.8 Å². The van der Waals surface area contributed by atoms with E-state index in [-0.39, 0.29) is 33.7 Å². The number of ether oxygens (including phenoxy) is 1. The first kappa shape index (κ1) is 18.8. The minimum absolute atomic E-state index is 0.140. The van der Waals surface area contributed by atoms with Gasteiger partial charge < -0.3 is 10.1 Å². The molecule has 0 saturated heterocycles. The summed E-state index contributed by atoms with van der Waals surface area (Å²) >= 11 is 8.74. The maximum atomic E-state index is 14.1. The number of halogens is 3. The Morgan fingerprint density at radius 3 is 2.71 bits per heavy atom. The average Bonchev–Trinajstić information content (AvgIpc) is 2.55. The van der Waals surface area contributed by atoms with Gasteiger partial charge in [-0.05, 0) is 18.2 Å². The molecule has 24 heavy (non-hydrogen) atoms. The van der Waals surface area contributed by atoms with Crippen molar-refractivity contribution < 1.29 is 13.3 Å². The van der Waals surface area contributed by atoms with E-state index in [1.165, 1.54) is 36.9 Å². The Kier molecular flexibility index (Phi) is 6.25. The van der Waals surface area contributed by atoms with Crippen molar-refractivity contribution in [1.29, 1.82) is 0 Å². The standard InChI is InChI=1S/C14H14BrClFN3O3S/c1-20-12(21)6-11(23-2)13(19-24(22)7-16)14(20)18-10-4-3-8(15)5-9(10)17/h3-6,18-19H,7H2,1-2H3. The number of hydrogen-bond donors (Lipinski definition) is 2. The lowest BCUT2D eigenvalue weighted by Gasteiger charge is -2.19. The first-order valence-corrected chi connectivity index (χ1v) is 9.23. The van der Waals surface area contributed by atoms with Crippen LogP contribution < -0.4 is 20.3 Å². The van der Waals surface area contributed by atoms with Gasteiger partial charge in [0.2, 0.25) is 0 Å². The number of nitrogens with one attached hydrogen (secondary N) is 2. The van der Waals surface area contributed by atoms with Crippen molar-refractivity contribution in [3.63, 3.8) is 0 Å². The lowest BCUT2D eigenvalue weighted by molar-refractivity contribution is 0.415. The molecule has 10 heteroatoms. The highest BCUT2D eigenvalue weighted by atomic mass is 79.9. The monoisotopic (exact) mass is 437 g/mol. The predicted molar refractivity (Wildman–Crippen MR) is 98.1 cm³/mol. The van der Waals surface area contributed by atoms with Crippen molar-refractivity contribution in [1.82, 2.24) is 4.57 Å². The van der Waals surface area contributed by atoms with Crippen LogP contribution in [0.5, 0.6) is 5.75 Å². The van der Waals surface area contributed by atoms with Crippen LogP contribution in [0, 0.1) is 5.82 Å². The Bertz CT molecular complexity index is 847. The molecule has 1 atom stereocenters. The lowest BCUT2D eigenvalue weighted by atomic mass is 10.3. The topological polar surface area (TPSA) is 72.4 Å². The van der Waals surface area contributed by atoms with Gasteiger partial charge in [0, 0.05) is 17.6 Å². The Balaban J connectivity index is 2.59. The number of alkyl halides is 1. The van der Waals surface area contributed by atoms with Crippen molar-refractivity contribution in [2.75, 3.05) is 22.4 Å². The smallest absolute Gasteiger partial charge is 0.255 e. The molecule has 0 aliphatic heterocycles. The van der Waals surface area contributed by atoms with Crippen LogP contribution in [0.15, 0.2) is 33.5 Å². The number of nitrogens with zero attached hydrogens (tertiary/aromatic N) is 1. The minimum atomic E-state index is -1.60. The van der Waals surface area contributed by atoms with Gasteiger partial charge in [-0.15, -0.1) is 11.6 Å². The summed E-state index contributed by atoms with van der Waals surface area (Å²) in [7, 11) is 1.26. The van der Waals surface area contributed by atoms with E-state index in [1.807, 2.05) is 0 Å². The maximum Gasteiger partial charge on any atom is 0.255 e. The molecular formula is C14H14BrClFN3O3S. The molecule has 0 aliphatic rings. The predicted octanol–water partition coefficient (Wildman–Crippen LogP) is 3.31. The van der Waals surface area contributed by atoms with Gasteiger partial charge in [0.15, 0.2) is 5.75 Å². The molecule has 1 aromatic heterocycles. The first-order valence-electron chi connectivity index (χ1n) is 6.58. The largest absolute Gasteiger partial charge is 0.494 e. The molecule has 130 valence electrons. The van der Waals surface area contributed by atoms with E-state index in [0.717, 1.165) is 0 Å². The average molecular weight is 439 g/mol. The fourth-order valence-electron chi connectivity index (χ4n) is 1.94. The molecule has 1 aromatic carbocycles. The van der Waals surface area contributed by atoms with Crippen LogP contribution in [-0.4, -0.2) is 21.1 Å². The van der Waals surface area contributed by atoms with Crippen LogP contribution in [0.25, 0.3) is 0 Å². The summed E-state index contributed by atoms with van der Waals surface area (Å²) in [6.07, 6.45) is 0. The molecule has 2 rings (SSSR count). The molecule has 6 nitrogen and oxygen atoms in total. The maximum absolute atomic E-state index is 14.1. The summed E-state index contributed by atoms with van der Waals surface area (Å²) in [5, 5.41) is 2.66. The molecule has 0 amide bonds. The van der Waals surface area contributed by atoms with Crippen molar-refractivity contribution in [3.8, 4) is 5.75 Å². The van der Waals surface area contributed by atoms with Crippen molar-refractivity contribution in [2.24, 2.45) is 7.05 Å². The van der Waals surface area contributed by atoms with Gasteiger partial charge in [0.25, 0.3) is 5.56 Å². The number of rotatable bonds is 6. The van der Waals surface area contributed by atoms with Gasteiger partial charge in [0.05, 0.1) is 12.8 Å².